The molecule has 0 atom stereocenters. The van der Waals surface area contributed by atoms with E-state index in [-0.39, 0.29) is 6.03 Å². The van der Waals surface area contributed by atoms with Crippen LogP contribution in [-0.2, 0) is 19.6 Å². The monoisotopic (exact) mass is 357 g/mol. The second-order valence-corrected chi connectivity index (χ2v) is 6.79. The van der Waals surface area contributed by atoms with Crippen LogP contribution >= 0.6 is 11.6 Å². The number of urea groups is 1. The molecule has 0 aliphatic carbocycles. The quantitative estimate of drug-likeness (QED) is 0.822. The Kier molecular flexibility index (Phi) is 6.31. The number of benzene rings is 2. The second-order valence-electron chi connectivity index (χ2n) is 6.38. The van der Waals surface area contributed by atoms with Crippen LogP contribution in [-0.4, -0.2) is 24.0 Å². The number of nitrogens with zero attached hydrogens (tertiary/aromatic N) is 1. The van der Waals surface area contributed by atoms with Crippen molar-refractivity contribution in [3.05, 3.63) is 70.2 Å². The average molecular weight is 358 g/mol. The van der Waals surface area contributed by atoms with Crippen molar-refractivity contribution in [1.82, 2.24) is 15.5 Å². The Morgan fingerprint density at radius 1 is 0.880 bits per heavy atom. The summed E-state index contributed by atoms with van der Waals surface area (Å²) in [6.07, 6.45) is 2.57. The predicted molar refractivity (Wildman–Crippen MR) is 101 cm³/mol. The standard InChI is InChI=1S/C20H24ClN3O/c21-19-10-4-3-8-17(19)14-23-20(25)22-13-16-7-1-2-9-18(16)15-24-11-5-6-12-24/h1-4,7-10H,5-6,11-15H2,(H2,22,23,25). The molecule has 1 aliphatic heterocycles. The zero-order chi connectivity index (χ0) is 17.5. The molecule has 1 heterocycles. The number of halogens is 1. The first-order chi connectivity index (χ1) is 12.2. The highest BCUT2D eigenvalue weighted by Gasteiger charge is 2.13. The molecule has 4 nitrogen and oxygen atoms in total. The van der Waals surface area contributed by atoms with E-state index in [1.807, 2.05) is 30.3 Å². The summed E-state index contributed by atoms with van der Waals surface area (Å²) >= 11 is 6.11. The van der Waals surface area contributed by atoms with E-state index in [1.54, 1.807) is 0 Å². The van der Waals surface area contributed by atoms with Crippen LogP contribution in [0.25, 0.3) is 0 Å². The third-order valence-corrected chi connectivity index (χ3v) is 4.92. The first-order valence-corrected chi connectivity index (χ1v) is 9.14. The molecule has 0 radical (unpaired) electrons. The van der Waals surface area contributed by atoms with E-state index < -0.39 is 0 Å². The normalized spacial score (nSPS) is 14.4. The molecular formula is C20H24ClN3O. The van der Waals surface area contributed by atoms with Crippen molar-refractivity contribution in [1.29, 1.82) is 0 Å². The summed E-state index contributed by atoms with van der Waals surface area (Å²) in [7, 11) is 0. The second kappa shape index (κ2) is 8.88. The molecule has 25 heavy (non-hydrogen) atoms. The lowest BCUT2D eigenvalue weighted by atomic mass is 10.1. The van der Waals surface area contributed by atoms with E-state index in [2.05, 4.69) is 33.7 Å². The van der Waals surface area contributed by atoms with E-state index in [1.165, 1.54) is 37.1 Å². The molecule has 3 rings (SSSR count). The number of rotatable bonds is 6. The molecule has 0 saturated carbocycles. The van der Waals surface area contributed by atoms with Gasteiger partial charge in [-0.05, 0) is 48.7 Å². The summed E-state index contributed by atoms with van der Waals surface area (Å²) in [6, 6.07) is 15.7. The fourth-order valence-electron chi connectivity index (χ4n) is 3.12. The van der Waals surface area contributed by atoms with Crippen LogP contribution in [0.5, 0.6) is 0 Å². The van der Waals surface area contributed by atoms with E-state index >= 15 is 0 Å². The first-order valence-electron chi connectivity index (χ1n) is 8.76. The maximum absolute atomic E-state index is 12.1. The zero-order valence-corrected chi connectivity index (χ0v) is 15.1. The zero-order valence-electron chi connectivity index (χ0n) is 14.3. The number of carbonyl (C=O) groups excluding carboxylic acids is 1. The largest absolute Gasteiger partial charge is 0.334 e. The van der Waals surface area contributed by atoms with E-state index in [0.29, 0.717) is 18.1 Å². The molecule has 2 aromatic rings. The molecule has 0 bridgehead atoms. The summed E-state index contributed by atoms with van der Waals surface area (Å²) < 4.78 is 0. The van der Waals surface area contributed by atoms with Crippen molar-refractivity contribution in [3.63, 3.8) is 0 Å². The van der Waals surface area contributed by atoms with Crippen LogP contribution in [0.15, 0.2) is 48.5 Å². The molecule has 1 saturated heterocycles. The third kappa shape index (κ3) is 5.21. The number of likely N-dealkylation sites (tertiary alicyclic amines) is 1. The minimum Gasteiger partial charge on any atom is -0.334 e. The summed E-state index contributed by atoms with van der Waals surface area (Å²) in [5.74, 6) is 0. The van der Waals surface area contributed by atoms with Gasteiger partial charge < -0.3 is 10.6 Å². The Morgan fingerprint density at radius 2 is 1.44 bits per heavy atom. The van der Waals surface area contributed by atoms with Gasteiger partial charge in [0.05, 0.1) is 0 Å². The number of hydrogen-bond acceptors (Lipinski definition) is 2. The van der Waals surface area contributed by atoms with Crippen LogP contribution < -0.4 is 10.6 Å². The molecule has 0 spiro atoms. The van der Waals surface area contributed by atoms with Crippen LogP contribution in [0.4, 0.5) is 4.79 Å². The van der Waals surface area contributed by atoms with Crippen molar-refractivity contribution in [2.75, 3.05) is 13.1 Å². The van der Waals surface area contributed by atoms with E-state index in [9.17, 15) is 4.79 Å². The Balaban J connectivity index is 1.51. The van der Waals surface area contributed by atoms with E-state index in [0.717, 1.165) is 12.1 Å². The predicted octanol–water partition coefficient (Wildman–Crippen LogP) is 3.94. The molecular weight excluding hydrogens is 334 g/mol. The highest BCUT2D eigenvalue weighted by molar-refractivity contribution is 6.31. The molecule has 132 valence electrons. The number of amides is 2. The lowest BCUT2D eigenvalue weighted by Crippen LogP contribution is -2.35. The molecule has 0 unspecified atom stereocenters. The highest BCUT2D eigenvalue weighted by Crippen LogP contribution is 2.16. The van der Waals surface area contributed by atoms with Crippen LogP contribution in [0.1, 0.15) is 29.5 Å². The molecule has 2 aromatic carbocycles. The Labute approximate surface area is 154 Å². The lowest BCUT2D eigenvalue weighted by molar-refractivity contribution is 0.240. The molecule has 5 heteroatoms. The smallest absolute Gasteiger partial charge is 0.315 e. The minimum absolute atomic E-state index is 0.184. The van der Waals surface area contributed by atoms with Crippen LogP contribution in [0, 0.1) is 0 Å². The molecule has 1 aliphatic rings. The Bertz CT molecular complexity index is 714. The highest BCUT2D eigenvalue weighted by atomic mass is 35.5. The first kappa shape index (κ1) is 17.8. The van der Waals surface area contributed by atoms with Crippen molar-refractivity contribution in [2.45, 2.75) is 32.5 Å². The number of hydrogen-bond donors (Lipinski definition) is 2. The van der Waals surface area contributed by atoms with Gasteiger partial charge >= 0.3 is 6.03 Å². The molecule has 2 amide bonds. The van der Waals surface area contributed by atoms with Gasteiger partial charge in [-0.2, -0.15) is 0 Å². The summed E-state index contributed by atoms with van der Waals surface area (Å²) in [5.41, 5.74) is 3.37. The van der Waals surface area contributed by atoms with Crippen molar-refractivity contribution in [2.24, 2.45) is 0 Å². The average Bonchev–Trinajstić information content (AvgIpc) is 3.13. The Morgan fingerprint density at radius 3 is 2.12 bits per heavy atom. The summed E-state index contributed by atoms with van der Waals surface area (Å²) in [4.78, 5) is 14.5. The molecule has 1 fully saturated rings. The van der Waals surface area contributed by atoms with Gasteiger partial charge in [0.15, 0.2) is 0 Å². The van der Waals surface area contributed by atoms with Gasteiger partial charge in [0, 0.05) is 24.7 Å². The lowest BCUT2D eigenvalue weighted by Gasteiger charge is -2.18. The summed E-state index contributed by atoms with van der Waals surface area (Å²) in [5, 5.41) is 6.47. The van der Waals surface area contributed by atoms with Crippen LogP contribution in [0.3, 0.4) is 0 Å². The SMILES string of the molecule is O=C(NCc1ccccc1Cl)NCc1ccccc1CN1CCCC1. The Hall–Kier alpha value is -2.04. The van der Waals surface area contributed by atoms with Crippen molar-refractivity contribution < 1.29 is 4.79 Å². The van der Waals surface area contributed by atoms with Gasteiger partial charge in [-0.1, -0.05) is 54.1 Å². The molecule has 0 aromatic heterocycles. The summed E-state index contributed by atoms with van der Waals surface area (Å²) in [6.45, 7) is 4.23. The van der Waals surface area contributed by atoms with Gasteiger partial charge in [0.25, 0.3) is 0 Å². The van der Waals surface area contributed by atoms with Crippen molar-refractivity contribution in [3.8, 4) is 0 Å². The number of nitrogens with one attached hydrogen (secondary N) is 2. The molecule has 2 N–H and O–H groups in total. The van der Waals surface area contributed by atoms with Crippen molar-refractivity contribution >= 4 is 17.6 Å². The van der Waals surface area contributed by atoms with Gasteiger partial charge in [0.2, 0.25) is 0 Å². The maximum atomic E-state index is 12.1. The van der Waals surface area contributed by atoms with Gasteiger partial charge in [0.1, 0.15) is 0 Å². The van der Waals surface area contributed by atoms with E-state index in [4.69, 9.17) is 11.6 Å². The van der Waals surface area contributed by atoms with Gasteiger partial charge in [-0.25, -0.2) is 4.79 Å². The minimum atomic E-state index is -0.184. The fourth-order valence-corrected chi connectivity index (χ4v) is 3.32. The van der Waals surface area contributed by atoms with Gasteiger partial charge in [-0.3, -0.25) is 4.90 Å². The van der Waals surface area contributed by atoms with Crippen LogP contribution in [0.2, 0.25) is 5.02 Å². The maximum Gasteiger partial charge on any atom is 0.315 e. The topological polar surface area (TPSA) is 44.4 Å². The number of carbonyl (C=O) groups is 1. The van der Waals surface area contributed by atoms with Gasteiger partial charge in [-0.15, -0.1) is 0 Å². The third-order valence-electron chi connectivity index (χ3n) is 4.55. The fraction of sp³-hybridized carbons (Fsp3) is 0.350.